The van der Waals surface area contributed by atoms with E-state index < -0.39 is 0 Å². The summed E-state index contributed by atoms with van der Waals surface area (Å²) in [6, 6.07) is 62.8. The molecule has 0 unspecified atom stereocenters. The minimum atomic E-state index is 0.608. The van der Waals surface area contributed by atoms with E-state index in [1.54, 1.807) is 0 Å². The Morgan fingerprint density at radius 2 is 0.661 bits per heavy atom. The smallest absolute Gasteiger partial charge is 0.0991 e. The Balaban J connectivity index is 1.33. The van der Waals surface area contributed by atoms with Gasteiger partial charge in [-0.2, -0.15) is 10.5 Å². The summed E-state index contributed by atoms with van der Waals surface area (Å²) in [5.41, 5.74) is 9.31. The van der Waals surface area contributed by atoms with Crippen molar-refractivity contribution in [2.75, 3.05) is 0 Å². The minimum absolute atomic E-state index is 0.608. The standard InChI is InChI=1S/C54H28N2/c55-33-37-19-15-35(16-20-37)23-25-41-31-51(47-13-5-9-39-7-1-3-11-43(39)47)49-29-30-50-52(48-14-6-10-40-8-2-4-12-44(40)48)32-42(46-28-27-45(41)53(49)54(46)50)26-24-36-17-21-38(34-56)22-18-36/h1-22,27-32H. The number of nitriles is 2. The lowest BCUT2D eigenvalue weighted by atomic mass is 9.83. The van der Waals surface area contributed by atoms with Crippen LogP contribution in [-0.4, -0.2) is 0 Å². The Bertz CT molecular complexity index is 3180. The van der Waals surface area contributed by atoms with Gasteiger partial charge in [-0.3, -0.25) is 0 Å². The first-order valence-electron chi connectivity index (χ1n) is 18.5. The zero-order valence-electron chi connectivity index (χ0n) is 30.1. The van der Waals surface area contributed by atoms with Crippen LogP contribution in [0, 0.1) is 46.3 Å². The largest absolute Gasteiger partial charge is 0.192 e. The highest BCUT2D eigenvalue weighted by atomic mass is 14.2. The summed E-state index contributed by atoms with van der Waals surface area (Å²) in [5, 5.41) is 30.2. The van der Waals surface area contributed by atoms with Crippen molar-refractivity contribution in [1.82, 2.24) is 0 Å². The molecule has 0 heterocycles. The van der Waals surface area contributed by atoms with Gasteiger partial charge in [-0.15, -0.1) is 0 Å². The highest BCUT2D eigenvalue weighted by Gasteiger charge is 2.20. The lowest BCUT2D eigenvalue weighted by Gasteiger charge is -2.20. The summed E-state index contributed by atoms with van der Waals surface area (Å²) in [6.07, 6.45) is 0. The second-order valence-electron chi connectivity index (χ2n) is 13.9. The van der Waals surface area contributed by atoms with Crippen molar-refractivity contribution in [1.29, 1.82) is 10.5 Å². The SMILES string of the molecule is N#Cc1ccc(C#Cc2cc(-c3cccc4ccccc34)c3ccc4c(-c5cccc6ccccc56)cc(C#Cc5ccc(C#N)cc5)c5ccc2c3c54)cc1. The third-order valence-electron chi connectivity index (χ3n) is 10.8. The molecule has 0 aliphatic rings. The van der Waals surface area contributed by atoms with Crippen LogP contribution in [0.1, 0.15) is 33.4 Å². The molecule has 10 rings (SSSR count). The van der Waals surface area contributed by atoms with Crippen LogP contribution in [0.15, 0.2) is 170 Å². The topological polar surface area (TPSA) is 47.6 Å². The van der Waals surface area contributed by atoms with E-state index in [9.17, 15) is 10.5 Å². The average Bonchev–Trinajstić information content (AvgIpc) is 3.27. The van der Waals surface area contributed by atoms with Crippen molar-refractivity contribution < 1.29 is 0 Å². The van der Waals surface area contributed by atoms with E-state index in [1.165, 1.54) is 21.5 Å². The molecule has 0 radical (unpaired) electrons. The summed E-state index contributed by atoms with van der Waals surface area (Å²) in [4.78, 5) is 0. The van der Waals surface area contributed by atoms with Gasteiger partial charge in [0, 0.05) is 22.3 Å². The normalized spacial score (nSPS) is 10.9. The number of fused-ring (bicyclic) bond motifs is 2. The highest BCUT2D eigenvalue weighted by Crippen LogP contribution is 2.46. The van der Waals surface area contributed by atoms with Gasteiger partial charge in [0.25, 0.3) is 0 Å². The van der Waals surface area contributed by atoms with Crippen LogP contribution in [0.25, 0.3) is 76.1 Å². The molecule has 0 bridgehead atoms. The van der Waals surface area contributed by atoms with Gasteiger partial charge in [0.05, 0.1) is 23.3 Å². The molecule has 0 aliphatic heterocycles. The highest BCUT2D eigenvalue weighted by molar-refractivity contribution is 6.30. The maximum atomic E-state index is 9.37. The number of hydrogen-bond acceptors (Lipinski definition) is 2. The third-order valence-corrected chi connectivity index (χ3v) is 10.8. The van der Waals surface area contributed by atoms with E-state index >= 15 is 0 Å². The van der Waals surface area contributed by atoms with E-state index in [2.05, 4.69) is 157 Å². The zero-order valence-corrected chi connectivity index (χ0v) is 30.1. The van der Waals surface area contributed by atoms with Gasteiger partial charge in [-0.1, -0.05) is 133 Å². The summed E-state index contributed by atoms with van der Waals surface area (Å²) in [5.74, 6) is 14.0. The summed E-state index contributed by atoms with van der Waals surface area (Å²) >= 11 is 0. The molecule has 10 aromatic rings. The van der Waals surface area contributed by atoms with Gasteiger partial charge < -0.3 is 0 Å². The molecule has 0 saturated heterocycles. The lowest BCUT2D eigenvalue weighted by Crippen LogP contribution is -1.95. The molecule has 0 atom stereocenters. The molecule has 2 heteroatoms. The summed E-state index contributed by atoms with van der Waals surface area (Å²) in [6.45, 7) is 0. The van der Waals surface area contributed by atoms with Crippen LogP contribution in [-0.2, 0) is 0 Å². The average molecular weight is 705 g/mol. The third kappa shape index (κ3) is 5.47. The van der Waals surface area contributed by atoms with Crippen molar-refractivity contribution in [3.8, 4) is 58.1 Å². The molecule has 0 aromatic heterocycles. The van der Waals surface area contributed by atoms with Crippen molar-refractivity contribution in [2.24, 2.45) is 0 Å². The van der Waals surface area contributed by atoms with Gasteiger partial charge >= 0.3 is 0 Å². The Hall–Kier alpha value is -8.14. The predicted octanol–water partition coefficient (Wildman–Crippen LogP) is 12.8. The van der Waals surface area contributed by atoms with Gasteiger partial charge in [-0.05, 0) is 137 Å². The molecule has 0 saturated carbocycles. The van der Waals surface area contributed by atoms with Crippen LogP contribution < -0.4 is 0 Å². The zero-order chi connectivity index (χ0) is 37.6. The molecular formula is C54H28N2. The van der Waals surface area contributed by atoms with E-state index in [-0.39, 0.29) is 0 Å². The van der Waals surface area contributed by atoms with Crippen molar-refractivity contribution in [3.05, 3.63) is 203 Å². The molecule has 0 aliphatic carbocycles. The van der Waals surface area contributed by atoms with E-state index in [0.29, 0.717) is 11.1 Å². The predicted molar refractivity (Wildman–Crippen MR) is 230 cm³/mol. The first kappa shape index (κ1) is 32.5. The van der Waals surface area contributed by atoms with Gasteiger partial charge in [0.1, 0.15) is 0 Å². The van der Waals surface area contributed by atoms with Crippen LogP contribution >= 0.6 is 0 Å². The summed E-state index contributed by atoms with van der Waals surface area (Å²) in [7, 11) is 0. The Labute approximate surface area is 324 Å². The fraction of sp³-hybridized carbons (Fsp3) is 0. The van der Waals surface area contributed by atoms with Crippen LogP contribution in [0.3, 0.4) is 0 Å². The van der Waals surface area contributed by atoms with Crippen molar-refractivity contribution in [3.63, 3.8) is 0 Å². The molecule has 254 valence electrons. The van der Waals surface area contributed by atoms with Crippen LogP contribution in [0.4, 0.5) is 0 Å². The summed E-state index contributed by atoms with van der Waals surface area (Å²) < 4.78 is 0. The molecule has 56 heavy (non-hydrogen) atoms. The van der Waals surface area contributed by atoms with Crippen molar-refractivity contribution >= 4 is 53.9 Å². The molecular weight excluding hydrogens is 677 g/mol. The molecule has 0 spiro atoms. The number of nitrogens with zero attached hydrogens (tertiary/aromatic N) is 2. The lowest BCUT2D eigenvalue weighted by molar-refractivity contribution is 1.48. The fourth-order valence-electron chi connectivity index (χ4n) is 8.10. The van der Waals surface area contributed by atoms with Crippen molar-refractivity contribution in [2.45, 2.75) is 0 Å². The monoisotopic (exact) mass is 704 g/mol. The molecule has 0 amide bonds. The quantitative estimate of drug-likeness (QED) is 0.133. The second kappa shape index (κ2) is 13.4. The number of rotatable bonds is 2. The first-order chi connectivity index (χ1) is 27.7. The Morgan fingerprint density at radius 3 is 1.09 bits per heavy atom. The van der Waals surface area contributed by atoms with E-state index in [0.717, 1.165) is 76.8 Å². The molecule has 2 nitrogen and oxygen atoms in total. The van der Waals surface area contributed by atoms with E-state index in [1.807, 2.05) is 48.5 Å². The maximum absolute atomic E-state index is 9.37. The first-order valence-corrected chi connectivity index (χ1v) is 18.5. The maximum Gasteiger partial charge on any atom is 0.0991 e. The molecule has 10 aromatic carbocycles. The Morgan fingerprint density at radius 1 is 0.286 bits per heavy atom. The Kier molecular flexibility index (Phi) is 7.76. The van der Waals surface area contributed by atoms with E-state index in [4.69, 9.17) is 0 Å². The number of benzene rings is 10. The van der Waals surface area contributed by atoms with Gasteiger partial charge in [0.2, 0.25) is 0 Å². The second-order valence-corrected chi connectivity index (χ2v) is 13.9. The number of hydrogen-bond donors (Lipinski definition) is 0. The minimum Gasteiger partial charge on any atom is -0.192 e. The van der Waals surface area contributed by atoms with Crippen LogP contribution in [0.2, 0.25) is 0 Å². The fourth-order valence-corrected chi connectivity index (χ4v) is 8.10. The van der Waals surface area contributed by atoms with Crippen LogP contribution in [0.5, 0.6) is 0 Å². The van der Waals surface area contributed by atoms with Gasteiger partial charge in [0.15, 0.2) is 0 Å². The van der Waals surface area contributed by atoms with Gasteiger partial charge in [-0.25, -0.2) is 0 Å². The molecule has 0 fully saturated rings. The molecule has 0 N–H and O–H groups in total.